The lowest BCUT2D eigenvalue weighted by atomic mass is 9.86. The summed E-state index contributed by atoms with van der Waals surface area (Å²) in [7, 11) is -6.06. The van der Waals surface area contributed by atoms with Crippen LogP contribution >= 0.6 is 16.5 Å². The van der Waals surface area contributed by atoms with E-state index >= 15 is 0 Å². The second-order valence-electron chi connectivity index (χ2n) is 13.0. The van der Waals surface area contributed by atoms with E-state index in [2.05, 4.69) is 41.5 Å². The number of hydrogen-bond donors (Lipinski definition) is 0. The Morgan fingerprint density at radius 1 is 0.375 bits per heavy atom. The molecule has 250 valence electrons. The summed E-state index contributed by atoms with van der Waals surface area (Å²) in [4.78, 5) is 0. The zero-order valence-electron chi connectivity index (χ0n) is 27.8. The SMILES string of the molecule is CC(C)(C)c1ccccc1Oc1ccccc1O[PH](=O)Oc1ccc(O[PH](=O)Oc2ccccc2Oc2ccccc2C(C)(C)C)cc1. The van der Waals surface area contributed by atoms with Gasteiger partial charge >= 0.3 is 16.5 Å². The maximum Gasteiger partial charge on any atom is 0.419 e. The predicted molar refractivity (Wildman–Crippen MR) is 190 cm³/mol. The largest absolute Gasteiger partial charge is 0.453 e. The third kappa shape index (κ3) is 9.25. The monoisotopic (exact) mass is 686 g/mol. The van der Waals surface area contributed by atoms with Gasteiger partial charge in [0.05, 0.1) is 0 Å². The highest BCUT2D eigenvalue weighted by atomic mass is 31.1. The predicted octanol–water partition coefficient (Wildman–Crippen LogP) is 11.6. The molecule has 0 fully saturated rings. The van der Waals surface area contributed by atoms with Gasteiger partial charge in [0.1, 0.15) is 23.0 Å². The summed E-state index contributed by atoms with van der Waals surface area (Å²) in [5.41, 5.74) is 1.77. The van der Waals surface area contributed by atoms with E-state index in [1.165, 1.54) is 0 Å². The van der Waals surface area contributed by atoms with Crippen molar-refractivity contribution in [2.24, 2.45) is 0 Å². The van der Waals surface area contributed by atoms with Gasteiger partial charge in [0.15, 0.2) is 23.0 Å². The molecule has 0 aromatic heterocycles. The van der Waals surface area contributed by atoms with Crippen LogP contribution in [0.15, 0.2) is 121 Å². The molecule has 5 rings (SSSR count). The molecule has 2 atom stereocenters. The summed E-state index contributed by atoms with van der Waals surface area (Å²) < 4.78 is 60.7. The quantitative estimate of drug-likeness (QED) is 0.120. The van der Waals surface area contributed by atoms with Crippen LogP contribution in [0, 0.1) is 0 Å². The van der Waals surface area contributed by atoms with Crippen LogP contribution in [0.25, 0.3) is 0 Å². The molecule has 0 amide bonds. The van der Waals surface area contributed by atoms with E-state index in [-0.39, 0.29) is 33.8 Å². The summed E-state index contributed by atoms with van der Waals surface area (Å²) in [6, 6.07) is 35.7. The van der Waals surface area contributed by atoms with Crippen molar-refractivity contribution in [1.29, 1.82) is 0 Å². The molecule has 0 bridgehead atoms. The maximum absolute atomic E-state index is 12.9. The van der Waals surface area contributed by atoms with Crippen LogP contribution in [0.4, 0.5) is 0 Å². The fourth-order valence-corrected chi connectivity index (χ4v) is 6.25. The van der Waals surface area contributed by atoms with Crippen LogP contribution in [0.3, 0.4) is 0 Å². The highest BCUT2D eigenvalue weighted by Crippen LogP contribution is 2.43. The van der Waals surface area contributed by atoms with Crippen LogP contribution in [0.5, 0.6) is 46.0 Å². The molecule has 0 saturated carbocycles. The molecule has 0 aliphatic rings. The minimum atomic E-state index is -3.03. The lowest BCUT2D eigenvalue weighted by Crippen LogP contribution is -2.12. The molecule has 0 aliphatic heterocycles. The molecule has 8 nitrogen and oxygen atoms in total. The molecular weight excluding hydrogens is 646 g/mol. The van der Waals surface area contributed by atoms with Gasteiger partial charge < -0.3 is 27.6 Å². The van der Waals surface area contributed by atoms with Gasteiger partial charge in [-0.1, -0.05) is 102 Å². The summed E-state index contributed by atoms with van der Waals surface area (Å²) in [6.45, 7) is 12.6. The standard InChI is InChI=1S/C38H40O8P2/c1-37(2,3)29-15-7-9-17-31(29)41-33-19-11-13-21-35(33)45-47(39)43-27-23-25-28(26-24-27)44-48(40)46-36-22-14-12-20-34(36)42-32-18-10-8-16-30(32)38(4,5)6/h7-26,47-48H,1-6H3. The molecule has 5 aromatic carbocycles. The molecule has 0 saturated heterocycles. The van der Waals surface area contributed by atoms with Crippen molar-refractivity contribution in [3.05, 3.63) is 132 Å². The van der Waals surface area contributed by atoms with Gasteiger partial charge in [0, 0.05) is 11.1 Å². The van der Waals surface area contributed by atoms with Gasteiger partial charge in [0.2, 0.25) is 0 Å². The van der Waals surface area contributed by atoms with Crippen molar-refractivity contribution in [2.75, 3.05) is 0 Å². The molecule has 48 heavy (non-hydrogen) atoms. The first kappa shape index (κ1) is 34.7. The zero-order valence-corrected chi connectivity index (χ0v) is 29.8. The molecule has 0 aliphatic carbocycles. The van der Waals surface area contributed by atoms with Crippen molar-refractivity contribution in [3.63, 3.8) is 0 Å². The Morgan fingerprint density at radius 3 is 1.00 bits per heavy atom. The van der Waals surface area contributed by atoms with Gasteiger partial charge in [-0.05, 0) is 71.5 Å². The number of para-hydroxylation sites is 6. The molecular formula is C38H40O8P2. The molecule has 0 N–H and O–H groups in total. The topological polar surface area (TPSA) is 89.5 Å². The van der Waals surface area contributed by atoms with Crippen molar-refractivity contribution in [1.82, 2.24) is 0 Å². The molecule has 2 unspecified atom stereocenters. The lowest BCUT2D eigenvalue weighted by Gasteiger charge is -2.23. The van der Waals surface area contributed by atoms with Gasteiger partial charge in [0.25, 0.3) is 0 Å². The summed E-state index contributed by atoms with van der Waals surface area (Å²) in [5, 5.41) is 0. The van der Waals surface area contributed by atoms with Crippen molar-refractivity contribution < 1.29 is 36.7 Å². The Bertz CT molecular complexity index is 1750. The number of benzene rings is 5. The van der Waals surface area contributed by atoms with Crippen LogP contribution in [-0.4, -0.2) is 0 Å². The average Bonchev–Trinajstić information content (AvgIpc) is 3.03. The third-order valence-corrected chi connectivity index (χ3v) is 8.72. The van der Waals surface area contributed by atoms with Crippen LogP contribution < -0.4 is 27.6 Å². The van der Waals surface area contributed by atoms with Gasteiger partial charge in [-0.3, -0.25) is 0 Å². The highest BCUT2D eigenvalue weighted by Gasteiger charge is 2.21. The Labute approximate surface area is 283 Å². The van der Waals surface area contributed by atoms with Gasteiger partial charge in [-0.25, -0.2) is 9.13 Å². The Balaban J connectivity index is 1.19. The van der Waals surface area contributed by atoms with E-state index in [0.29, 0.717) is 23.0 Å². The summed E-state index contributed by atoms with van der Waals surface area (Å²) in [6.07, 6.45) is 0. The second kappa shape index (κ2) is 15.1. The van der Waals surface area contributed by atoms with E-state index in [4.69, 9.17) is 27.6 Å². The first-order valence-electron chi connectivity index (χ1n) is 15.5. The van der Waals surface area contributed by atoms with E-state index in [9.17, 15) is 9.13 Å². The molecule has 5 aromatic rings. The van der Waals surface area contributed by atoms with E-state index in [0.717, 1.165) is 11.1 Å². The second-order valence-corrected chi connectivity index (χ2v) is 14.8. The first-order chi connectivity index (χ1) is 22.9. The van der Waals surface area contributed by atoms with Crippen molar-refractivity contribution in [2.45, 2.75) is 52.4 Å². The van der Waals surface area contributed by atoms with Crippen molar-refractivity contribution >= 4 is 16.5 Å². The zero-order chi connectivity index (χ0) is 34.3. The van der Waals surface area contributed by atoms with Gasteiger partial charge in [-0.15, -0.1) is 0 Å². The molecule has 10 heteroatoms. The van der Waals surface area contributed by atoms with E-state index in [1.54, 1.807) is 60.7 Å². The molecule has 0 radical (unpaired) electrons. The molecule has 0 spiro atoms. The average molecular weight is 687 g/mol. The Hall–Kier alpha value is -4.64. The van der Waals surface area contributed by atoms with Crippen molar-refractivity contribution in [3.8, 4) is 46.0 Å². The fraction of sp³-hybridized carbons (Fsp3) is 0.211. The van der Waals surface area contributed by atoms with Crippen LogP contribution in [0.1, 0.15) is 52.7 Å². The van der Waals surface area contributed by atoms with E-state index in [1.807, 2.05) is 60.7 Å². The number of ether oxygens (including phenoxy) is 2. The minimum absolute atomic E-state index is 0.142. The fourth-order valence-electron chi connectivity index (χ4n) is 4.81. The summed E-state index contributed by atoms with van der Waals surface area (Å²) >= 11 is 0. The van der Waals surface area contributed by atoms with Gasteiger partial charge in [-0.2, -0.15) is 0 Å². The maximum atomic E-state index is 12.9. The van der Waals surface area contributed by atoms with Crippen LogP contribution in [-0.2, 0) is 20.0 Å². The summed E-state index contributed by atoms with van der Waals surface area (Å²) in [5.74, 6) is 3.31. The Morgan fingerprint density at radius 2 is 0.667 bits per heavy atom. The third-order valence-electron chi connectivity index (χ3n) is 7.14. The Kier molecular flexibility index (Phi) is 10.9. The highest BCUT2D eigenvalue weighted by molar-refractivity contribution is 7.34. The minimum Gasteiger partial charge on any atom is -0.453 e. The van der Waals surface area contributed by atoms with Crippen LogP contribution in [0.2, 0.25) is 0 Å². The normalized spacial score (nSPS) is 12.8. The number of rotatable bonds is 12. The number of hydrogen-bond acceptors (Lipinski definition) is 8. The van der Waals surface area contributed by atoms with E-state index < -0.39 is 16.5 Å². The smallest absolute Gasteiger partial charge is 0.419 e. The molecule has 0 heterocycles. The lowest BCUT2D eigenvalue weighted by molar-refractivity contribution is 0.390. The first-order valence-corrected chi connectivity index (χ1v) is 17.9.